The predicted octanol–water partition coefficient (Wildman–Crippen LogP) is 6.55. The fourth-order valence-corrected chi connectivity index (χ4v) is 6.43. The number of cyclic esters (lactones) is 1. The molecule has 1 aliphatic heterocycles. The van der Waals surface area contributed by atoms with Crippen molar-refractivity contribution in [2.24, 2.45) is 11.8 Å². The number of hydrogen-bond acceptors (Lipinski definition) is 6. The third kappa shape index (κ3) is 12.8. The largest absolute Gasteiger partial charge is 0.489 e. The molecule has 0 aliphatic carbocycles. The highest BCUT2D eigenvalue weighted by molar-refractivity contribution is 5.86. The van der Waals surface area contributed by atoms with Crippen molar-refractivity contribution in [3.63, 3.8) is 0 Å². The van der Waals surface area contributed by atoms with Crippen LogP contribution in [0.5, 0.6) is 5.75 Å². The van der Waals surface area contributed by atoms with E-state index in [1.165, 1.54) is 0 Å². The summed E-state index contributed by atoms with van der Waals surface area (Å²) < 4.78 is 11.9. The number of rotatable bonds is 13. The Hall–Kier alpha value is -5.21. The van der Waals surface area contributed by atoms with Gasteiger partial charge in [-0.25, -0.2) is 0 Å². The lowest BCUT2D eigenvalue weighted by molar-refractivity contribution is -0.150. The first kappa shape index (κ1) is 38.0. The normalized spacial score (nSPS) is 19.1. The monoisotopic (exact) mass is 702 g/mol. The Bertz CT molecular complexity index is 1700. The predicted molar refractivity (Wildman–Crippen MR) is 202 cm³/mol. The molecule has 0 saturated heterocycles. The van der Waals surface area contributed by atoms with Crippen LogP contribution in [0.4, 0.5) is 0 Å². The van der Waals surface area contributed by atoms with E-state index in [-0.39, 0.29) is 43.3 Å². The van der Waals surface area contributed by atoms with Gasteiger partial charge in [0.1, 0.15) is 19.0 Å². The summed E-state index contributed by atoms with van der Waals surface area (Å²) in [5, 5.41) is 16.0. The molecule has 5 rings (SSSR count). The fourth-order valence-electron chi connectivity index (χ4n) is 6.43. The lowest BCUT2D eigenvalue weighted by atomic mass is 9.93. The molecule has 4 aromatic rings. The molecule has 0 fully saturated rings. The van der Waals surface area contributed by atoms with Gasteiger partial charge in [-0.15, -0.1) is 0 Å². The first-order valence-corrected chi connectivity index (χ1v) is 18.3. The maximum Gasteiger partial charge on any atom is 0.309 e. The second kappa shape index (κ2) is 20.6. The Morgan fingerprint density at radius 3 is 2.10 bits per heavy atom. The Balaban J connectivity index is 1.28. The molecule has 272 valence electrons. The Morgan fingerprint density at radius 1 is 0.788 bits per heavy atom. The van der Waals surface area contributed by atoms with Crippen LogP contribution in [0, 0.1) is 11.8 Å². The molecule has 52 heavy (non-hydrogen) atoms. The van der Waals surface area contributed by atoms with E-state index in [1.54, 1.807) is 0 Å². The highest BCUT2D eigenvalue weighted by Crippen LogP contribution is 2.21. The van der Waals surface area contributed by atoms with Gasteiger partial charge in [0.05, 0.1) is 30.5 Å². The number of benzene rings is 4. The second-order valence-electron chi connectivity index (χ2n) is 13.5. The number of hydrogen-bond donors (Lipinski definition) is 3. The van der Waals surface area contributed by atoms with E-state index in [4.69, 9.17) is 9.47 Å². The van der Waals surface area contributed by atoms with E-state index in [9.17, 15) is 19.5 Å². The van der Waals surface area contributed by atoms with Gasteiger partial charge in [-0.05, 0) is 79.3 Å². The molecule has 8 heteroatoms. The average Bonchev–Trinajstić information content (AvgIpc) is 3.17. The number of aliphatic hydroxyl groups is 1. The number of allylic oxidation sites excluding steroid dienone is 2. The number of esters is 1. The van der Waals surface area contributed by atoms with Crippen LogP contribution in [0.2, 0.25) is 0 Å². The number of ether oxygens (including phenoxy) is 2. The molecule has 1 heterocycles. The quantitative estimate of drug-likeness (QED) is 0.108. The summed E-state index contributed by atoms with van der Waals surface area (Å²) in [7, 11) is 0. The zero-order valence-corrected chi connectivity index (χ0v) is 29.7. The zero-order chi connectivity index (χ0) is 36.4. The molecule has 0 aromatic heterocycles. The molecular formula is C44H50N2O6. The van der Waals surface area contributed by atoms with Crippen molar-refractivity contribution in [1.82, 2.24) is 10.6 Å². The third-order valence-corrected chi connectivity index (χ3v) is 9.31. The third-order valence-electron chi connectivity index (χ3n) is 9.31. The molecule has 0 unspecified atom stereocenters. The van der Waals surface area contributed by atoms with Crippen molar-refractivity contribution in [3.05, 3.63) is 150 Å². The van der Waals surface area contributed by atoms with Gasteiger partial charge >= 0.3 is 5.97 Å². The number of carbonyl (C=O) groups is 3. The summed E-state index contributed by atoms with van der Waals surface area (Å²) in [6, 6.07) is 36.3. The van der Waals surface area contributed by atoms with Crippen molar-refractivity contribution in [2.45, 2.75) is 70.1 Å². The molecule has 2 amide bonds. The lowest BCUT2D eigenvalue weighted by Crippen LogP contribution is -2.45. The summed E-state index contributed by atoms with van der Waals surface area (Å²) >= 11 is 0. The maximum absolute atomic E-state index is 13.9. The summed E-state index contributed by atoms with van der Waals surface area (Å²) in [5.41, 5.74) is 4.09. The highest BCUT2D eigenvalue weighted by Gasteiger charge is 2.27. The Kier molecular flexibility index (Phi) is 15.1. The van der Waals surface area contributed by atoms with Crippen LogP contribution in [-0.4, -0.2) is 48.2 Å². The number of nitrogens with one attached hydrogen (secondary N) is 2. The molecule has 0 spiro atoms. The van der Waals surface area contributed by atoms with Gasteiger partial charge in [-0.3, -0.25) is 14.4 Å². The molecule has 1 aliphatic rings. The summed E-state index contributed by atoms with van der Waals surface area (Å²) in [5.74, 6) is -1.09. The molecule has 4 aromatic carbocycles. The van der Waals surface area contributed by atoms with Crippen LogP contribution < -0.4 is 15.4 Å². The minimum Gasteiger partial charge on any atom is -0.489 e. The average molecular weight is 703 g/mol. The van der Waals surface area contributed by atoms with Gasteiger partial charge < -0.3 is 25.2 Å². The van der Waals surface area contributed by atoms with Crippen LogP contribution in [0.1, 0.15) is 54.4 Å². The van der Waals surface area contributed by atoms with Gasteiger partial charge in [0, 0.05) is 6.42 Å². The maximum atomic E-state index is 13.9. The molecule has 0 saturated carbocycles. The summed E-state index contributed by atoms with van der Waals surface area (Å²) in [4.78, 5) is 40.7. The molecule has 0 bridgehead atoms. The second-order valence-corrected chi connectivity index (χ2v) is 13.5. The van der Waals surface area contributed by atoms with E-state index >= 15 is 0 Å². The smallest absolute Gasteiger partial charge is 0.309 e. The molecule has 8 nitrogen and oxygen atoms in total. The van der Waals surface area contributed by atoms with Crippen LogP contribution in [-0.2, 0) is 45.0 Å². The van der Waals surface area contributed by atoms with Crippen molar-refractivity contribution in [2.75, 3.05) is 13.2 Å². The van der Waals surface area contributed by atoms with E-state index in [2.05, 4.69) is 10.6 Å². The first-order valence-electron chi connectivity index (χ1n) is 18.3. The lowest BCUT2D eigenvalue weighted by Gasteiger charge is -2.25. The SMILES string of the molecule is O=C(C[C@H]1CC=CCCC[C@H](Cc2ccccc2)C(=O)OC[C@H](Cc2ccc(OCc3ccccc3)cc2)NC1=O)N[C@H](CO)Cc1ccccc1. The molecule has 0 radical (unpaired) electrons. The van der Waals surface area contributed by atoms with Crippen molar-refractivity contribution < 1.29 is 29.0 Å². The van der Waals surface area contributed by atoms with Gasteiger partial charge in [-0.2, -0.15) is 0 Å². The van der Waals surface area contributed by atoms with Gasteiger partial charge in [0.15, 0.2) is 0 Å². The number of aliphatic hydroxyl groups excluding tert-OH is 1. The van der Waals surface area contributed by atoms with Crippen molar-refractivity contribution in [3.8, 4) is 5.75 Å². The van der Waals surface area contributed by atoms with Crippen LogP contribution in [0.15, 0.2) is 127 Å². The van der Waals surface area contributed by atoms with E-state index in [1.807, 2.05) is 127 Å². The minimum absolute atomic E-state index is 0.000535. The van der Waals surface area contributed by atoms with Gasteiger partial charge in [0.2, 0.25) is 11.8 Å². The summed E-state index contributed by atoms with van der Waals surface area (Å²) in [6.45, 7) is 0.237. The number of amides is 2. The van der Waals surface area contributed by atoms with Crippen molar-refractivity contribution >= 4 is 17.8 Å². The molecule has 3 N–H and O–H groups in total. The molecular weight excluding hydrogens is 652 g/mol. The first-order chi connectivity index (χ1) is 25.4. The highest BCUT2D eigenvalue weighted by atomic mass is 16.5. The minimum atomic E-state index is -0.645. The Labute approximate surface area is 307 Å². The van der Waals surface area contributed by atoms with Crippen LogP contribution in [0.25, 0.3) is 0 Å². The fraction of sp³-hybridized carbons (Fsp3) is 0.341. The van der Waals surface area contributed by atoms with Gasteiger partial charge in [-0.1, -0.05) is 115 Å². The van der Waals surface area contributed by atoms with Gasteiger partial charge in [0.25, 0.3) is 0 Å². The van der Waals surface area contributed by atoms with E-state index < -0.39 is 18.0 Å². The number of carbonyl (C=O) groups excluding carboxylic acids is 3. The van der Waals surface area contributed by atoms with E-state index in [0.29, 0.717) is 38.7 Å². The summed E-state index contributed by atoms with van der Waals surface area (Å²) in [6.07, 6.45) is 8.03. The van der Waals surface area contributed by atoms with E-state index in [0.717, 1.165) is 40.8 Å². The van der Waals surface area contributed by atoms with Crippen LogP contribution >= 0.6 is 0 Å². The van der Waals surface area contributed by atoms with Crippen molar-refractivity contribution in [1.29, 1.82) is 0 Å². The molecule has 4 atom stereocenters. The Morgan fingerprint density at radius 2 is 1.42 bits per heavy atom. The van der Waals surface area contributed by atoms with Crippen LogP contribution in [0.3, 0.4) is 0 Å². The zero-order valence-electron chi connectivity index (χ0n) is 29.7. The standard InChI is InChI=1S/C44H50N2O6/c47-30-39(27-34-16-8-4-9-17-34)45-42(48)29-37-20-12-1-2-13-21-38(26-33-14-6-3-7-15-33)44(50)52-32-40(46-43(37)49)28-35-22-24-41(25-23-35)51-31-36-18-10-5-11-19-36/h1,3-12,14-19,22-25,37-40,47H,2,13,20-21,26-32H2,(H,45,48)(H,46,49)/t37-,38-,39+,40+/m1/s1. The topological polar surface area (TPSA) is 114 Å².